The number of carboxylic acids is 1. The number of aromatic nitrogens is 2. The summed E-state index contributed by atoms with van der Waals surface area (Å²) in [4.78, 5) is 24.8. The fourth-order valence-electron chi connectivity index (χ4n) is 3.90. The summed E-state index contributed by atoms with van der Waals surface area (Å²) in [5.41, 5.74) is -0.910. The minimum Gasteiger partial charge on any atom is -0.479 e. The highest BCUT2D eigenvalue weighted by atomic mass is 16.5. The van der Waals surface area contributed by atoms with Crippen molar-refractivity contribution in [3.63, 3.8) is 0 Å². The van der Waals surface area contributed by atoms with Crippen molar-refractivity contribution >= 4 is 11.9 Å². The van der Waals surface area contributed by atoms with Crippen molar-refractivity contribution < 1.29 is 19.4 Å². The van der Waals surface area contributed by atoms with Gasteiger partial charge in [0, 0.05) is 24.1 Å². The molecule has 2 unspecified atom stereocenters. The highest BCUT2D eigenvalue weighted by Gasteiger charge is 2.66. The Balaban J connectivity index is 2.25. The summed E-state index contributed by atoms with van der Waals surface area (Å²) in [5.74, 6) is -1.49. The van der Waals surface area contributed by atoms with Gasteiger partial charge in [0.25, 0.3) is 5.91 Å². The van der Waals surface area contributed by atoms with Gasteiger partial charge in [-0.2, -0.15) is 5.10 Å². The number of aryl methyl sites for hydroxylation is 1. The molecule has 1 aromatic heterocycles. The van der Waals surface area contributed by atoms with E-state index in [0.717, 1.165) is 18.5 Å². The normalized spacial score (nSPS) is 24.3. The second kappa shape index (κ2) is 7.39. The monoisotopic (exact) mass is 365 g/mol. The molecule has 146 valence electrons. The van der Waals surface area contributed by atoms with Crippen molar-refractivity contribution in [1.29, 1.82) is 0 Å². The first-order chi connectivity index (χ1) is 12.1. The van der Waals surface area contributed by atoms with Crippen molar-refractivity contribution in [2.45, 2.75) is 78.5 Å². The van der Waals surface area contributed by atoms with Crippen molar-refractivity contribution in [1.82, 2.24) is 15.1 Å². The summed E-state index contributed by atoms with van der Waals surface area (Å²) in [6, 6.07) is 1.95. The molecule has 1 fully saturated rings. The average Bonchev–Trinajstić information content (AvgIpc) is 2.96. The highest BCUT2D eigenvalue weighted by Crippen LogP contribution is 2.51. The van der Waals surface area contributed by atoms with E-state index in [0.29, 0.717) is 6.61 Å². The van der Waals surface area contributed by atoms with Gasteiger partial charge in [-0.1, -0.05) is 27.7 Å². The molecule has 0 aromatic carbocycles. The zero-order valence-corrected chi connectivity index (χ0v) is 16.6. The van der Waals surface area contributed by atoms with Crippen LogP contribution in [-0.2, 0) is 9.53 Å². The van der Waals surface area contributed by atoms with Gasteiger partial charge in [0.2, 0.25) is 0 Å². The fourth-order valence-corrected chi connectivity index (χ4v) is 3.90. The molecule has 0 aliphatic heterocycles. The van der Waals surface area contributed by atoms with Gasteiger partial charge >= 0.3 is 5.97 Å². The Hall–Kier alpha value is -1.89. The standard InChI is InChI=1S/C19H31N3O4/c1-7-13(8-2)22-12(4)10-14(21-22)16(23)20-19(17(24)25)11-15(26-9-3)18(19,5)6/h10,13,15H,7-9,11H2,1-6H3,(H,20,23)(H,24,25). The number of rotatable bonds is 8. The molecule has 0 saturated heterocycles. The Morgan fingerprint density at radius 3 is 2.46 bits per heavy atom. The lowest BCUT2D eigenvalue weighted by atomic mass is 9.54. The molecule has 7 heteroatoms. The molecular formula is C19H31N3O4. The summed E-state index contributed by atoms with van der Waals surface area (Å²) in [6.45, 7) is 12.1. The van der Waals surface area contributed by atoms with E-state index in [1.165, 1.54) is 0 Å². The SMILES string of the molecule is CCOC1CC(NC(=O)c2cc(C)n(C(CC)CC)n2)(C(=O)O)C1(C)C. The summed E-state index contributed by atoms with van der Waals surface area (Å²) < 4.78 is 7.49. The Kier molecular flexibility index (Phi) is 5.80. The van der Waals surface area contributed by atoms with Crippen molar-refractivity contribution in [2.75, 3.05) is 6.61 Å². The van der Waals surface area contributed by atoms with Gasteiger partial charge in [0.05, 0.1) is 12.1 Å². The topological polar surface area (TPSA) is 93.5 Å². The van der Waals surface area contributed by atoms with Crippen molar-refractivity contribution in [2.24, 2.45) is 5.41 Å². The molecule has 2 N–H and O–H groups in total. The molecule has 1 heterocycles. The maximum absolute atomic E-state index is 12.8. The van der Waals surface area contributed by atoms with Crippen LogP contribution in [0.25, 0.3) is 0 Å². The number of aliphatic carboxylic acids is 1. The second-order valence-corrected chi connectivity index (χ2v) is 7.62. The lowest BCUT2D eigenvalue weighted by Crippen LogP contribution is -2.76. The Labute approximate surface area is 155 Å². The maximum atomic E-state index is 12.8. The molecule has 7 nitrogen and oxygen atoms in total. The van der Waals surface area contributed by atoms with Crippen LogP contribution >= 0.6 is 0 Å². The fraction of sp³-hybridized carbons (Fsp3) is 0.737. The quantitative estimate of drug-likeness (QED) is 0.739. The Morgan fingerprint density at radius 2 is 2.00 bits per heavy atom. The van der Waals surface area contributed by atoms with Gasteiger partial charge in [-0.3, -0.25) is 9.48 Å². The van der Waals surface area contributed by atoms with Gasteiger partial charge in [-0.25, -0.2) is 4.79 Å². The van der Waals surface area contributed by atoms with Crippen molar-refractivity contribution in [3.05, 3.63) is 17.5 Å². The first kappa shape index (κ1) is 20.4. The van der Waals surface area contributed by atoms with E-state index in [2.05, 4.69) is 24.3 Å². The lowest BCUT2D eigenvalue weighted by Gasteiger charge is -2.58. The number of hydrogen-bond acceptors (Lipinski definition) is 4. The predicted molar refractivity (Wildman–Crippen MR) is 98.2 cm³/mol. The molecule has 1 saturated carbocycles. The van der Waals surface area contributed by atoms with Crippen LogP contribution in [0, 0.1) is 12.3 Å². The van der Waals surface area contributed by atoms with Crippen LogP contribution in [0.1, 0.15) is 76.1 Å². The zero-order valence-electron chi connectivity index (χ0n) is 16.6. The van der Waals surface area contributed by atoms with E-state index in [9.17, 15) is 14.7 Å². The van der Waals surface area contributed by atoms with Gasteiger partial charge in [0.1, 0.15) is 11.2 Å². The first-order valence-electron chi connectivity index (χ1n) is 9.38. The molecule has 1 aliphatic rings. The van der Waals surface area contributed by atoms with Crippen LogP contribution in [0.15, 0.2) is 6.07 Å². The molecule has 2 atom stereocenters. The number of carbonyl (C=O) groups excluding carboxylic acids is 1. The van der Waals surface area contributed by atoms with E-state index in [1.54, 1.807) is 6.07 Å². The largest absolute Gasteiger partial charge is 0.479 e. The summed E-state index contributed by atoms with van der Waals surface area (Å²) in [7, 11) is 0. The molecular weight excluding hydrogens is 334 g/mol. The smallest absolute Gasteiger partial charge is 0.330 e. The maximum Gasteiger partial charge on any atom is 0.330 e. The summed E-state index contributed by atoms with van der Waals surface area (Å²) in [6.07, 6.45) is 1.89. The van der Waals surface area contributed by atoms with Crippen LogP contribution in [0.3, 0.4) is 0 Å². The average molecular weight is 365 g/mol. The van der Waals surface area contributed by atoms with Gasteiger partial charge in [0.15, 0.2) is 0 Å². The number of nitrogens with one attached hydrogen (secondary N) is 1. The number of amides is 1. The Morgan fingerprint density at radius 1 is 1.38 bits per heavy atom. The van der Waals surface area contributed by atoms with Crippen molar-refractivity contribution in [3.8, 4) is 0 Å². The van der Waals surface area contributed by atoms with E-state index in [-0.39, 0.29) is 24.3 Å². The Bertz CT molecular complexity index is 678. The van der Waals surface area contributed by atoms with Crippen LogP contribution in [-0.4, -0.2) is 45.0 Å². The molecule has 0 spiro atoms. The van der Waals surface area contributed by atoms with Crippen LogP contribution in [0.2, 0.25) is 0 Å². The number of carboxylic acid groups (broad SMARTS) is 1. The number of ether oxygens (including phenoxy) is 1. The third-order valence-electron chi connectivity index (χ3n) is 5.90. The molecule has 0 radical (unpaired) electrons. The molecule has 0 bridgehead atoms. The second-order valence-electron chi connectivity index (χ2n) is 7.62. The van der Waals surface area contributed by atoms with E-state index >= 15 is 0 Å². The van der Waals surface area contributed by atoms with E-state index < -0.39 is 22.8 Å². The minimum absolute atomic E-state index is 0.201. The van der Waals surface area contributed by atoms with Gasteiger partial charge in [-0.15, -0.1) is 0 Å². The minimum atomic E-state index is -1.35. The van der Waals surface area contributed by atoms with Crippen LogP contribution < -0.4 is 5.32 Å². The molecule has 1 aliphatic carbocycles. The summed E-state index contributed by atoms with van der Waals surface area (Å²) >= 11 is 0. The van der Waals surface area contributed by atoms with Gasteiger partial charge in [-0.05, 0) is 32.8 Å². The lowest BCUT2D eigenvalue weighted by molar-refractivity contribution is -0.190. The number of carbonyl (C=O) groups is 2. The first-order valence-corrected chi connectivity index (χ1v) is 9.38. The van der Waals surface area contributed by atoms with Gasteiger partial charge < -0.3 is 15.2 Å². The predicted octanol–water partition coefficient (Wildman–Crippen LogP) is 2.94. The number of nitrogens with zero attached hydrogens (tertiary/aromatic N) is 2. The third kappa shape index (κ3) is 3.13. The van der Waals surface area contributed by atoms with Crippen LogP contribution in [0.5, 0.6) is 0 Å². The van der Waals surface area contributed by atoms with Crippen LogP contribution in [0.4, 0.5) is 0 Å². The molecule has 2 rings (SSSR count). The van der Waals surface area contributed by atoms with E-state index in [1.807, 2.05) is 32.4 Å². The third-order valence-corrected chi connectivity index (χ3v) is 5.90. The van der Waals surface area contributed by atoms with E-state index in [4.69, 9.17) is 4.74 Å². The summed E-state index contributed by atoms with van der Waals surface area (Å²) in [5, 5.41) is 17.0. The molecule has 1 amide bonds. The zero-order chi connectivity index (χ0) is 19.7. The molecule has 26 heavy (non-hydrogen) atoms. The number of hydrogen-bond donors (Lipinski definition) is 2. The highest BCUT2D eigenvalue weighted by molar-refractivity contribution is 5.97. The molecule has 1 aromatic rings.